The van der Waals surface area contributed by atoms with Gasteiger partial charge in [-0.05, 0) is 47.2 Å². The standard InChI is InChI=1S/C9H7F4IS/c1-5-2-6(10)7(14)3-8(5)15-4-9(11,12)13/h2-3H,4H2,1H3. The molecule has 0 aromatic heterocycles. The third-order valence-corrected chi connectivity index (χ3v) is 3.66. The van der Waals surface area contributed by atoms with Gasteiger partial charge in [-0.1, -0.05) is 0 Å². The molecular formula is C9H7F4IS. The van der Waals surface area contributed by atoms with Crippen LogP contribution in [0.5, 0.6) is 0 Å². The molecule has 0 bridgehead atoms. The van der Waals surface area contributed by atoms with E-state index in [1.165, 1.54) is 12.1 Å². The van der Waals surface area contributed by atoms with Crippen LogP contribution >= 0.6 is 34.4 Å². The second-order valence-electron chi connectivity index (χ2n) is 2.94. The average Bonchev–Trinajstić information content (AvgIpc) is 2.07. The number of thioether (sulfide) groups is 1. The van der Waals surface area contributed by atoms with E-state index in [0.29, 0.717) is 25.8 Å². The Morgan fingerprint density at radius 1 is 1.33 bits per heavy atom. The molecule has 0 heterocycles. The average molecular weight is 350 g/mol. The van der Waals surface area contributed by atoms with Gasteiger partial charge in [0, 0.05) is 8.47 Å². The van der Waals surface area contributed by atoms with Gasteiger partial charge in [-0.25, -0.2) is 4.39 Å². The molecule has 6 heteroatoms. The molecule has 1 aromatic rings. The van der Waals surface area contributed by atoms with E-state index in [2.05, 4.69) is 0 Å². The van der Waals surface area contributed by atoms with Crippen molar-refractivity contribution in [3.63, 3.8) is 0 Å². The number of benzene rings is 1. The van der Waals surface area contributed by atoms with Crippen LogP contribution in [0.15, 0.2) is 17.0 Å². The predicted molar refractivity (Wildman–Crippen MR) is 60.6 cm³/mol. The second-order valence-corrected chi connectivity index (χ2v) is 5.12. The first-order valence-electron chi connectivity index (χ1n) is 3.95. The molecule has 0 saturated carbocycles. The first kappa shape index (κ1) is 13.1. The van der Waals surface area contributed by atoms with Crippen LogP contribution in [0.1, 0.15) is 5.56 Å². The van der Waals surface area contributed by atoms with Crippen molar-refractivity contribution < 1.29 is 17.6 Å². The number of alkyl halides is 3. The van der Waals surface area contributed by atoms with Crippen LogP contribution in [0, 0.1) is 16.3 Å². The Hall–Kier alpha value is 0.0200. The van der Waals surface area contributed by atoms with Gasteiger partial charge in [0.25, 0.3) is 0 Å². The van der Waals surface area contributed by atoms with Crippen molar-refractivity contribution in [1.82, 2.24) is 0 Å². The first-order valence-corrected chi connectivity index (χ1v) is 6.01. The number of hydrogen-bond donors (Lipinski definition) is 0. The third-order valence-electron chi connectivity index (χ3n) is 1.61. The quantitative estimate of drug-likeness (QED) is 0.433. The number of aryl methyl sites for hydroxylation is 1. The predicted octanol–water partition coefficient (Wildman–Crippen LogP) is 4.39. The Labute approximate surface area is 103 Å². The smallest absolute Gasteiger partial charge is 0.206 e. The summed E-state index contributed by atoms with van der Waals surface area (Å²) >= 11 is 2.44. The highest BCUT2D eigenvalue weighted by atomic mass is 127. The van der Waals surface area contributed by atoms with Crippen molar-refractivity contribution >= 4 is 34.4 Å². The fraction of sp³-hybridized carbons (Fsp3) is 0.333. The van der Waals surface area contributed by atoms with Crippen molar-refractivity contribution in [3.05, 3.63) is 27.1 Å². The maximum absolute atomic E-state index is 13.0. The minimum absolute atomic E-state index is 0.336. The summed E-state index contributed by atoms with van der Waals surface area (Å²) in [5, 5.41) is 0. The number of rotatable bonds is 2. The summed E-state index contributed by atoms with van der Waals surface area (Å²) in [5.74, 6) is -1.35. The van der Waals surface area contributed by atoms with Crippen LogP contribution in [-0.4, -0.2) is 11.9 Å². The summed E-state index contributed by atoms with van der Waals surface area (Å²) in [5.41, 5.74) is 0.530. The molecule has 0 unspecified atom stereocenters. The third kappa shape index (κ3) is 4.18. The summed E-state index contributed by atoms with van der Waals surface area (Å²) in [7, 11) is 0. The minimum atomic E-state index is -4.20. The van der Waals surface area contributed by atoms with Crippen molar-refractivity contribution in [2.75, 3.05) is 5.75 Å². The zero-order valence-corrected chi connectivity index (χ0v) is 10.6. The molecule has 0 saturated heterocycles. The molecular weight excluding hydrogens is 343 g/mol. The zero-order valence-electron chi connectivity index (χ0n) is 7.66. The highest BCUT2D eigenvalue weighted by molar-refractivity contribution is 14.1. The monoisotopic (exact) mass is 350 g/mol. The van der Waals surface area contributed by atoms with Crippen LogP contribution in [0.2, 0.25) is 0 Å². The Bertz CT molecular complexity index is 362. The maximum atomic E-state index is 13.0. The van der Waals surface area contributed by atoms with E-state index in [4.69, 9.17) is 0 Å². The van der Waals surface area contributed by atoms with E-state index in [-0.39, 0.29) is 0 Å². The molecule has 15 heavy (non-hydrogen) atoms. The fourth-order valence-corrected chi connectivity index (χ4v) is 2.43. The van der Waals surface area contributed by atoms with Gasteiger partial charge >= 0.3 is 6.18 Å². The topological polar surface area (TPSA) is 0 Å². The molecule has 1 aromatic carbocycles. The van der Waals surface area contributed by atoms with Gasteiger partial charge in [-0.15, -0.1) is 11.8 Å². The number of hydrogen-bond acceptors (Lipinski definition) is 1. The molecule has 0 radical (unpaired) electrons. The summed E-state index contributed by atoms with van der Waals surface area (Å²) in [6.45, 7) is 1.60. The zero-order chi connectivity index (χ0) is 11.6. The second kappa shape index (κ2) is 4.90. The summed E-state index contributed by atoms with van der Waals surface area (Å²) < 4.78 is 49.2. The minimum Gasteiger partial charge on any atom is -0.206 e. The van der Waals surface area contributed by atoms with E-state index in [1.54, 1.807) is 29.5 Å². The lowest BCUT2D eigenvalue weighted by Crippen LogP contribution is -2.10. The Morgan fingerprint density at radius 3 is 2.47 bits per heavy atom. The lowest BCUT2D eigenvalue weighted by Gasteiger charge is -2.09. The van der Waals surface area contributed by atoms with Gasteiger partial charge in [0.15, 0.2) is 0 Å². The summed E-state index contributed by atoms with van der Waals surface area (Å²) in [4.78, 5) is 0.470. The van der Waals surface area contributed by atoms with E-state index in [0.717, 1.165) is 0 Å². The molecule has 0 nitrogen and oxygen atoms in total. The van der Waals surface area contributed by atoms with Crippen molar-refractivity contribution in [2.45, 2.75) is 18.0 Å². The van der Waals surface area contributed by atoms with Gasteiger partial charge in [0.1, 0.15) is 5.82 Å². The molecule has 0 amide bonds. The van der Waals surface area contributed by atoms with Crippen molar-refractivity contribution in [3.8, 4) is 0 Å². The largest absolute Gasteiger partial charge is 0.398 e. The van der Waals surface area contributed by atoms with E-state index < -0.39 is 17.7 Å². The van der Waals surface area contributed by atoms with E-state index >= 15 is 0 Å². The maximum Gasteiger partial charge on any atom is 0.398 e. The fourth-order valence-electron chi connectivity index (χ4n) is 0.943. The normalized spacial score (nSPS) is 11.9. The van der Waals surface area contributed by atoms with Gasteiger partial charge in [0.2, 0.25) is 0 Å². The van der Waals surface area contributed by atoms with Crippen LogP contribution in [0.4, 0.5) is 17.6 Å². The SMILES string of the molecule is Cc1cc(F)c(I)cc1SCC(F)(F)F. The molecule has 0 aliphatic heterocycles. The van der Waals surface area contributed by atoms with Crippen LogP contribution < -0.4 is 0 Å². The summed E-state index contributed by atoms with van der Waals surface area (Å²) in [6, 6.07) is 2.68. The van der Waals surface area contributed by atoms with E-state index in [9.17, 15) is 17.6 Å². The van der Waals surface area contributed by atoms with Crippen LogP contribution in [-0.2, 0) is 0 Å². The van der Waals surface area contributed by atoms with E-state index in [1.807, 2.05) is 0 Å². The van der Waals surface area contributed by atoms with Gasteiger partial charge < -0.3 is 0 Å². The molecule has 0 spiro atoms. The van der Waals surface area contributed by atoms with Gasteiger partial charge in [-0.3, -0.25) is 0 Å². The highest BCUT2D eigenvalue weighted by Crippen LogP contribution is 2.31. The summed E-state index contributed by atoms with van der Waals surface area (Å²) in [6.07, 6.45) is -4.20. The van der Waals surface area contributed by atoms with Gasteiger partial charge in [-0.2, -0.15) is 13.2 Å². The van der Waals surface area contributed by atoms with Crippen molar-refractivity contribution in [1.29, 1.82) is 0 Å². The molecule has 0 atom stereocenters. The van der Waals surface area contributed by atoms with Crippen molar-refractivity contribution in [2.24, 2.45) is 0 Å². The molecule has 84 valence electrons. The lowest BCUT2D eigenvalue weighted by atomic mass is 10.2. The lowest BCUT2D eigenvalue weighted by molar-refractivity contribution is -0.105. The Balaban J connectivity index is 2.82. The first-order chi connectivity index (χ1) is 6.79. The Morgan fingerprint density at radius 2 is 1.93 bits per heavy atom. The molecule has 0 aliphatic rings. The molecule has 1 rings (SSSR count). The van der Waals surface area contributed by atoms with Gasteiger partial charge in [0.05, 0.1) is 5.75 Å². The molecule has 0 aliphatic carbocycles. The highest BCUT2D eigenvalue weighted by Gasteiger charge is 2.27. The Kier molecular flexibility index (Phi) is 4.28. The molecule has 0 N–H and O–H groups in total. The number of halogens is 5. The van der Waals surface area contributed by atoms with Crippen LogP contribution in [0.25, 0.3) is 0 Å². The molecule has 0 fully saturated rings. The van der Waals surface area contributed by atoms with Crippen LogP contribution in [0.3, 0.4) is 0 Å².